The first-order valence-corrected chi connectivity index (χ1v) is 4.78. The molecule has 0 aliphatic heterocycles. The molecule has 0 unspecified atom stereocenters. The lowest BCUT2D eigenvalue weighted by atomic mass is 10.1. The van der Waals surface area contributed by atoms with E-state index in [1.54, 1.807) is 0 Å². The SMILES string of the molecule is Cl.Nc1ccc2cc(I)ccc2c1. The summed E-state index contributed by atoms with van der Waals surface area (Å²) < 4.78 is 1.25. The summed E-state index contributed by atoms with van der Waals surface area (Å²) in [6.45, 7) is 0. The van der Waals surface area contributed by atoms with Crippen molar-refractivity contribution in [1.82, 2.24) is 0 Å². The van der Waals surface area contributed by atoms with Crippen molar-refractivity contribution in [2.45, 2.75) is 0 Å². The van der Waals surface area contributed by atoms with E-state index in [-0.39, 0.29) is 12.4 Å². The number of hydrogen-bond acceptors (Lipinski definition) is 1. The molecule has 2 N–H and O–H groups in total. The van der Waals surface area contributed by atoms with Gasteiger partial charge < -0.3 is 5.73 Å². The van der Waals surface area contributed by atoms with E-state index in [1.165, 1.54) is 14.3 Å². The van der Waals surface area contributed by atoms with Crippen LogP contribution in [-0.4, -0.2) is 0 Å². The number of fused-ring (bicyclic) bond motifs is 1. The van der Waals surface area contributed by atoms with Crippen molar-refractivity contribution in [3.05, 3.63) is 40.0 Å². The van der Waals surface area contributed by atoms with E-state index in [4.69, 9.17) is 5.73 Å². The van der Waals surface area contributed by atoms with Crippen LogP contribution in [0.2, 0.25) is 0 Å². The third-order valence-corrected chi connectivity index (χ3v) is 2.50. The molecule has 0 aliphatic rings. The highest BCUT2D eigenvalue weighted by molar-refractivity contribution is 14.1. The van der Waals surface area contributed by atoms with Gasteiger partial charge in [0, 0.05) is 9.26 Å². The third kappa shape index (κ3) is 2.25. The highest BCUT2D eigenvalue weighted by Crippen LogP contribution is 2.19. The van der Waals surface area contributed by atoms with Gasteiger partial charge in [-0.1, -0.05) is 12.1 Å². The van der Waals surface area contributed by atoms with Crippen LogP contribution in [0.4, 0.5) is 5.69 Å². The van der Waals surface area contributed by atoms with Crippen LogP contribution in [-0.2, 0) is 0 Å². The maximum Gasteiger partial charge on any atom is 0.0320 e. The average Bonchev–Trinajstić information content (AvgIpc) is 2.05. The Labute approximate surface area is 96.9 Å². The summed E-state index contributed by atoms with van der Waals surface area (Å²) in [5, 5.41) is 2.45. The van der Waals surface area contributed by atoms with Crippen LogP contribution in [0, 0.1) is 3.57 Å². The Balaban J connectivity index is 0.000000845. The maximum atomic E-state index is 5.66. The molecule has 0 aromatic heterocycles. The van der Waals surface area contributed by atoms with Crippen molar-refractivity contribution < 1.29 is 0 Å². The van der Waals surface area contributed by atoms with Gasteiger partial charge in [-0.25, -0.2) is 0 Å². The Morgan fingerprint density at radius 1 is 0.923 bits per heavy atom. The number of halogens is 2. The molecule has 0 radical (unpaired) electrons. The minimum absolute atomic E-state index is 0. The largest absolute Gasteiger partial charge is 0.399 e. The molecule has 0 aliphatic carbocycles. The lowest BCUT2D eigenvalue weighted by Crippen LogP contribution is -1.83. The number of nitrogen functional groups attached to an aromatic ring is 1. The molecule has 0 saturated heterocycles. The van der Waals surface area contributed by atoms with E-state index in [0.717, 1.165) is 5.69 Å². The number of nitrogens with two attached hydrogens (primary N) is 1. The van der Waals surface area contributed by atoms with E-state index in [9.17, 15) is 0 Å². The molecule has 0 atom stereocenters. The van der Waals surface area contributed by atoms with Gasteiger partial charge in [-0.15, -0.1) is 12.4 Å². The zero-order valence-corrected chi connectivity index (χ0v) is 9.80. The van der Waals surface area contributed by atoms with E-state index in [2.05, 4.69) is 40.8 Å². The van der Waals surface area contributed by atoms with Gasteiger partial charge in [-0.3, -0.25) is 0 Å². The van der Waals surface area contributed by atoms with E-state index >= 15 is 0 Å². The van der Waals surface area contributed by atoms with Gasteiger partial charge in [0.05, 0.1) is 0 Å². The number of hydrogen-bond donors (Lipinski definition) is 1. The molecule has 68 valence electrons. The summed E-state index contributed by atoms with van der Waals surface area (Å²) in [7, 11) is 0. The lowest BCUT2D eigenvalue weighted by Gasteiger charge is -1.99. The van der Waals surface area contributed by atoms with Gasteiger partial charge >= 0.3 is 0 Å². The summed E-state index contributed by atoms with van der Waals surface area (Å²) in [4.78, 5) is 0. The Morgan fingerprint density at radius 3 is 2.31 bits per heavy atom. The van der Waals surface area contributed by atoms with Gasteiger partial charge in [0.1, 0.15) is 0 Å². The molecule has 0 spiro atoms. The van der Waals surface area contributed by atoms with E-state index in [1.807, 2.05) is 18.2 Å². The van der Waals surface area contributed by atoms with Crippen LogP contribution in [0.3, 0.4) is 0 Å². The Kier molecular flexibility index (Phi) is 3.39. The van der Waals surface area contributed by atoms with Crippen LogP contribution in [0.1, 0.15) is 0 Å². The fourth-order valence-electron chi connectivity index (χ4n) is 1.24. The normalized spacial score (nSPS) is 9.62. The van der Waals surface area contributed by atoms with Crippen molar-refractivity contribution in [3.8, 4) is 0 Å². The first-order chi connectivity index (χ1) is 5.75. The van der Waals surface area contributed by atoms with Gasteiger partial charge in [-0.2, -0.15) is 0 Å². The molecule has 13 heavy (non-hydrogen) atoms. The maximum absolute atomic E-state index is 5.66. The van der Waals surface area contributed by atoms with Crippen LogP contribution < -0.4 is 5.73 Å². The summed E-state index contributed by atoms with van der Waals surface area (Å²) in [6.07, 6.45) is 0. The molecule has 0 amide bonds. The minimum atomic E-state index is 0. The molecule has 0 heterocycles. The second-order valence-electron chi connectivity index (χ2n) is 2.75. The first-order valence-electron chi connectivity index (χ1n) is 3.70. The van der Waals surface area contributed by atoms with Crippen LogP contribution in [0.15, 0.2) is 36.4 Å². The lowest BCUT2D eigenvalue weighted by molar-refractivity contribution is 1.69. The van der Waals surface area contributed by atoms with Gasteiger partial charge in [0.15, 0.2) is 0 Å². The molecule has 2 aromatic rings. The fraction of sp³-hybridized carbons (Fsp3) is 0. The third-order valence-electron chi connectivity index (χ3n) is 1.83. The quantitative estimate of drug-likeness (QED) is 0.585. The molecule has 2 aromatic carbocycles. The summed E-state index contributed by atoms with van der Waals surface area (Å²) in [5.74, 6) is 0. The second-order valence-corrected chi connectivity index (χ2v) is 4.00. The van der Waals surface area contributed by atoms with Crippen LogP contribution in [0.5, 0.6) is 0 Å². The molecular weight excluding hydrogens is 296 g/mol. The van der Waals surface area contributed by atoms with Crippen molar-refractivity contribution in [2.75, 3.05) is 5.73 Å². The second kappa shape index (κ2) is 4.15. The first kappa shape index (κ1) is 10.6. The number of benzene rings is 2. The summed E-state index contributed by atoms with van der Waals surface area (Å²) >= 11 is 2.31. The molecule has 0 saturated carbocycles. The van der Waals surface area contributed by atoms with E-state index < -0.39 is 0 Å². The van der Waals surface area contributed by atoms with Gasteiger partial charge in [-0.05, 0) is 57.6 Å². The molecule has 3 heteroatoms. The number of rotatable bonds is 0. The Morgan fingerprint density at radius 2 is 1.54 bits per heavy atom. The highest BCUT2D eigenvalue weighted by atomic mass is 127. The fourth-order valence-corrected chi connectivity index (χ4v) is 1.75. The van der Waals surface area contributed by atoms with Gasteiger partial charge in [0.25, 0.3) is 0 Å². The Bertz CT molecular complexity index is 387. The smallest absolute Gasteiger partial charge is 0.0320 e. The van der Waals surface area contributed by atoms with E-state index in [0.29, 0.717) is 0 Å². The predicted molar refractivity (Wildman–Crippen MR) is 68.3 cm³/mol. The zero-order chi connectivity index (χ0) is 8.55. The zero-order valence-electron chi connectivity index (χ0n) is 6.83. The standard InChI is InChI=1S/C10H8IN.ClH/c11-9-3-1-8-6-10(12)4-2-7(8)5-9;/h1-6H,12H2;1H. The monoisotopic (exact) mass is 305 g/mol. The van der Waals surface area contributed by atoms with Crippen molar-refractivity contribution >= 4 is 51.5 Å². The topological polar surface area (TPSA) is 26.0 Å². The average molecular weight is 306 g/mol. The van der Waals surface area contributed by atoms with Gasteiger partial charge in [0.2, 0.25) is 0 Å². The molecule has 0 bridgehead atoms. The van der Waals surface area contributed by atoms with Crippen molar-refractivity contribution in [3.63, 3.8) is 0 Å². The van der Waals surface area contributed by atoms with Crippen LogP contribution >= 0.6 is 35.0 Å². The Hall–Kier alpha value is -0.480. The predicted octanol–water partition coefficient (Wildman–Crippen LogP) is 3.45. The molecule has 0 fully saturated rings. The van der Waals surface area contributed by atoms with Crippen molar-refractivity contribution in [1.29, 1.82) is 0 Å². The van der Waals surface area contributed by atoms with Crippen molar-refractivity contribution in [2.24, 2.45) is 0 Å². The minimum Gasteiger partial charge on any atom is -0.399 e. The summed E-state index contributed by atoms with van der Waals surface area (Å²) in [5.41, 5.74) is 6.48. The van der Waals surface area contributed by atoms with Crippen LogP contribution in [0.25, 0.3) is 10.8 Å². The molecule has 1 nitrogen and oxygen atoms in total. The molecular formula is C10H9ClIN. The molecule has 2 rings (SSSR count). The summed E-state index contributed by atoms with van der Waals surface area (Å²) in [6, 6.07) is 12.3. The highest BCUT2D eigenvalue weighted by Gasteiger charge is 1.93. The number of anilines is 1.